The largest absolute Gasteiger partial charge is 0.309 e. The van der Waals surface area contributed by atoms with E-state index in [-0.39, 0.29) is 0 Å². The van der Waals surface area contributed by atoms with Gasteiger partial charge in [-0.1, -0.05) is 33.1 Å². The highest BCUT2D eigenvalue weighted by Crippen LogP contribution is 2.37. The molecule has 0 spiro atoms. The minimum atomic E-state index is 0.413. The van der Waals surface area contributed by atoms with Crippen molar-refractivity contribution in [1.29, 1.82) is 0 Å². The molecule has 0 aromatic carbocycles. The highest BCUT2D eigenvalue weighted by Gasteiger charge is 2.28. The van der Waals surface area contributed by atoms with Crippen molar-refractivity contribution in [3.05, 3.63) is 24.3 Å². The number of hydrogen-bond acceptors (Lipinski definition) is 3. The average Bonchev–Trinajstić information content (AvgIpc) is 2.46. The third-order valence-electron chi connectivity index (χ3n) is 4.29. The van der Waals surface area contributed by atoms with Gasteiger partial charge in [-0.25, -0.2) is 9.97 Å². The summed E-state index contributed by atoms with van der Waals surface area (Å²) in [5.74, 6) is 1.69. The van der Waals surface area contributed by atoms with Gasteiger partial charge in [0.2, 0.25) is 0 Å². The Bertz CT molecular complexity index is 331. The highest BCUT2D eigenvalue weighted by atomic mass is 15.0. The number of rotatable bonds is 5. The number of aromatic nitrogens is 2. The van der Waals surface area contributed by atoms with Gasteiger partial charge < -0.3 is 5.32 Å². The van der Waals surface area contributed by atoms with E-state index in [0.717, 1.165) is 24.1 Å². The summed E-state index contributed by atoms with van der Waals surface area (Å²) in [5.41, 5.74) is 1.16. The molecule has 1 N–H and O–H groups in total. The molecule has 1 aliphatic rings. The van der Waals surface area contributed by atoms with Crippen LogP contribution < -0.4 is 5.32 Å². The van der Waals surface area contributed by atoms with Gasteiger partial charge in [0.15, 0.2) is 0 Å². The molecular formula is C15H25N3. The zero-order valence-electron chi connectivity index (χ0n) is 11.6. The van der Waals surface area contributed by atoms with Crippen LogP contribution in [0.15, 0.2) is 18.6 Å². The van der Waals surface area contributed by atoms with Gasteiger partial charge in [0, 0.05) is 6.20 Å². The van der Waals surface area contributed by atoms with Crippen LogP contribution >= 0.6 is 0 Å². The van der Waals surface area contributed by atoms with E-state index in [0.29, 0.717) is 6.04 Å². The van der Waals surface area contributed by atoms with Crippen LogP contribution in [0.25, 0.3) is 0 Å². The standard InChI is InChI=1S/C15H25N3/c1-3-12-5-7-13(8-6-12)15(17-4-2)14-9-10-16-11-18-14/h9-13,15,17H,3-8H2,1-2H3. The molecule has 1 aromatic heterocycles. The Balaban J connectivity index is 2.02. The lowest BCUT2D eigenvalue weighted by atomic mass is 9.77. The summed E-state index contributed by atoms with van der Waals surface area (Å²) in [6.45, 7) is 5.49. The maximum atomic E-state index is 4.44. The van der Waals surface area contributed by atoms with E-state index in [2.05, 4.69) is 35.2 Å². The summed E-state index contributed by atoms with van der Waals surface area (Å²) in [5, 5.41) is 3.61. The molecule has 1 aliphatic carbocycles. The summed E-state index contributed by atoms with van der Waals surface area (Å²) in [7, 11) is 0. The quantitative estimate of drug-likeness (QED) is 0.867. The van der Waals surface area contributed by atoms with E-state index >= 15 is 0 Å². The average molecular weight is 247 g/mol. The molecule has 100 valence electrons. The molecule has 0 aliphatic heterocycles. The Morgan fingerprint density at radius 3 is 2.61 bits per heavy atom. The van der Waals surface area contributed by atoms with Crippen LogP contribution in [-0.4, -0.2) is 16.5 Å². The lowest BCUT2D eigenvalue weighted by molar-refractivity contribution is 0.217. The van der Waals surface area contributed by atoms with E-state index < -0.39 is 0 Å². The third-order valence-corrected chi connectivity index (χ3v) is 4.29. The first-order valence-electron chi connectivity index (χ1n) is 7.34. The van der Waals surface area contributed by atoms with E-state index in [1.807, 2.05) is 6.20 Å². The molecule has 1 saturated carbocycles. The molecule has 1 atom stereocenters. The molecule has 0 radical (unpaired) electrons. The first kappa shape index (κ1) is 13.5. The normalized spacial score (nSPS) is 25.9. The van der Waals surface area contributed by atoms with Crippen molar-refractivity contribution in [3.63, 3.8) is 0 Å². The van der Waals surface area contributed by atoms with Gasteiger partial charge in [0.05, 0.1) is 11.7 Å². The van der Waals surface area contributed by atoms with Gasteiger partial charge in [0.25, 0.3) is 0 Å². The molecule has 0 bridgehead atoms. The van der Waals surface area contributed by atoms with Crippen molar-refractivity contribution in [2.75, 3.05) is 6.54 Å². The molecule has 1 unspecified atom stereocenters. The van der Waals surface area contributed by atoms with E-state index in [9.17, 15) is 0 Å². The lowest BCUT2D eigenvalue weighted by Gasteiger charge is -2.33. The van der Waals surface area contributed by atoms with Gasteiger partial charge in [-0.3, -0.25) is 0 Å². The summed E-state index contributed by atoms with van der Waals surface area (Å²) in [6, 6.07) is 2.47. The van der Waals surface area contributed by atoms with Crippen LogP contribution in [0.5, 0.6) is 0 Å². The van der Waals surface area contributed by atoms with E-state index in [4.69, 9.17) is 0 Å². The Labute approximate surface area is 110 Å². The Kier molecular flexibility index (Phi) is 5.12. The molecule has 3 heteroatoms. The van der Waals surface area contributed by atoms with Gasteiger partial charge in [-0.05, 0) is 37.3 Å². The lowest BCUT2D eigenvalue weighted by Crippen LogP contribution is -2.31. The monoisotopic (exact) mass is 247 g/mol. The third kappa shape index (κ3) is 3.29. The van der Waals surface area contributed by atoms with Gasteiger partial charge in [-0.15, -0.1) is 0 Å². The number of nitrogens with one attached hydrogen (secondary N) is 1. The molecule has 1 heterocycles. The Morgan fingerprint density at radius 2 is 2.06 bits per heavy atom. The van der Waals surface area contributed by atoms with Crippen molar-refractivity contribution in [3.8, 4) is 0 Å². The number of nitrogens with zero attached hydrogens (tertiary/aromatic N) is 2. The minimum absolute atomic E-state index is 0.413. The fourth-order valence-electron chi connectivity index (χ4n) is 3.15. The van der Waals surface area contributed by atoms with Crippen molar-refractivity contribution in [1.82, 2.24) is 15.3 Å². The highest BCUT2D eigenvalue weighted by molar-refractivity contribution is 5.07. The van der Waals surface area contributed by atoms with E-state index in [1.165, 1.54) is 32.1 Å². The van der Waals surface area contributed by atoms with Crippen molar-refractivity contribution >= 4 is 0 Å². The van der Waals surface area contributed by atoms with Crippen LogP contribution in [0.2, 0.25) is 0 Å². The van der Waals surface area contributed by atoms with Crippen LogP contribution in [0.4, 0.5) is 0 Å². The van der Waals surface area contributed by atoms with Crippen LogP contribution in [0, 0.1) is 11.8 Å². The summed E-state index contributed by atoms with van der Waals surface area (Å²) in [6.07, 6.45) is 10.3. The second-order valence-electron chi connectivity index (χ2n) is 5.36. The Morgan fingerprint density at radius 1 is 1.28 bits per heavy atom. The molecule has 0 saturated heterocycles. The van der Waals surface area contributed by atoms with Crippen molar-refractivity contribution < 1.29 is 0 Å². The zero-order valence-corrected chi connectivity index (χ0v) is 11.6. The number of hydrogen-bond donors (Lipinski definition) is 1. The maximum absolute atomic E-state index is 4.44. The Hall–Kier alpha value is -0.960. The maximum Gasteiger partial charge on any atom is 0.115 e. The minimum Gasteiger partial charge on any atom is -0.309 e. The van der Waals surface area contributed by atoms with Gasteiger partial charge in [-0.2, -0.15) is 0 Å². The summed E-state index contributed by atoms with van der Waals surface area (Å²) >= 11 is 0. The molecule has 3 nitrogen and oxygen atoms in total. The predicted octanol–water partition coefficient (Wildman–Crippen LogP) is 3.34. The van der Waals surface area contributed by atoms with Gasteiger partial charge in [0.1, 0.15) is 6.33 Å². The van der Waals surface area contributed by atoms with Crippen molar-refractivity contribution in [2.24, 2.45) is 11.8 Å². The zero-order chi connectivity index (χ0) is 12.8. The van der Waals surface area contributed by atoms with Crippen molar-refractivity contribution in [2.45, 2.75) is 52.0 Å². The van der Waals surface area contributed by atoms with Crippen LogP contribution in [-0.2, 0) is 0 Å². The van der Waals surface area contributed by atoms with Crippen LogP contribution in [0.1, 0.15) is 57.7 Å². The second-order valence-corrected chi connectivity index (χ2v) is 5.36. The molecular weight excluding hydrogens is 222 g/mol. The fraction of sp³-hybridized carbons (Fsp3) is 0.733. The topological polar surface area (TPSA) is 37.8 Å². The van der Waals surface area contributed by atoms with Crippen LogP contribution in [0.3, 0.4) is 0 Å². The van der Waals surface area contributed by atoms with E-state index in [1.54, 1.807) is 6.33 Å². The SMILES string of the molecule is CCNC(c1ccncn1)C1CCC(CC)CC1. The fourth-order valence-corrected chi connectivity index (χ4v) is 3.15. The molecule has 1 aromatic rings. The smallest absolute Gasteiger partial charge is 0.115 e. The molecule has 1 fully saturated rings. The first-order chi connectivity index (χ1) is 8.85. The molecule has 0 amide bonds. The van der Waals surface area contributed by atoms with Gasteiger partial charge >= 0.3 is 0 Å². The second kappa shape index (κ2) is 6.83. The molecule has 18 heavy (non-hydrogen) atoms. The molecule has 2 rings (SSSR count). The predicted molar refractivity (Wildman–Crippen MR) is 74.2 cm³/mol. The first-order valence-corrected chi connectivity index (χ1v) is 7.34. The summed E-state index contributed by atoms with van der Waals surface area (Å²) in [4.78, 5) is 8.46. The summed E-state index contributed by atoms with van der Waals surface area (Å²) < 4.78 is 0.